The summed E-state index contributed by atoms with van der Waals surface area (Å²) in [7, 11) is 0. The zero-order chi connectivity index (χ0) is 13.2. The lowest BCUT2D eigenvalue weighted by molar-refractivity contribution is -0.121. The van der Waals surface area contributed by atoms with Crippen molar-refractivity contribution in [2.75, 3.05) is 0 Å². The van der Waals surface area contributed by atoms with Gasteiger partial charge >= 0.3 is 0 Å². The summed E-state index contributed by atoms with van der Waals surface area (Å²) >= 11 is 1.84. The molecule has 1 aromatic rings. The van der Waals surface area contributed by atoms with Crippen molar-refractivity contribution in [1.29, 1.82) is 0 Å². The van der Waals surface area contributed by atoms with Crippen molar-refractivity contribution < 1.29 is 4.79 Å². The van der Waals surface area contributed by atoms with Gasteiger partial charge in [0.05, 0.1) is 0 Å². The van der Waals surface area contributed by atoms with E-state index in [1.165, 1.54) is 10.5 Å². The molecular weight excluding hydrogens is 252 g/mol. The quantitative estimate of drug-likeness (QED) is 0.795. The number of ketones is 1. The van der Waals surface area contributed by atoms with Gasteiger partial charge < -0.3 is 0 Å². The molecule has 1 fully saturated rings. The molecular formula is C17H16OS. The average Bonchev–Trinajstić information content (AvgIpc) is 2.64. The molecule has 2 aliphatic rings. The molecule has 1 nitrogen and oxygen atoms in total. The minimum absolute atomic E-state index is 0.0507. The standard InChI is InChI=1S/C17H16OS/c1-12(18)16-14-10-6-3-7-11-15(14)19-17(16)13-8-4-2-5-9-13/h2-11,14,16-17H,1H3/t14-,16-,17+/m0/s1. The molecule has 0 N–H and O–H groups in total. The highest BCUT2D eigenvalue weighted by Gasteiger charge is 2.42. The average molecular weight is 268 g/mol. The second kappa shape index (κ2) is 5.22. The lowest BCUT2D eigenvalue weighted by Crippen LogP contribution is -2.20. The van der Waals surface area contributed by atoms with Crippen LogP contribution in [0.4, 0.5) is 0 Å². The molecule has 1 aliphatic heterocycles. The predicted octanol–water partition coefficient (Wildman–Crippen LogP) is 4.31. The summed E-state index contributed by atoms with van der Waals surface area (Å²) in [5.41, 5.74) is 1.25. The first-order valence-corrected chi connectivity index (χ1v) is 7.42. The van der Waals surface area contributed by atoms with Gasteiger partial charge in [0.15, 0.2) is 0 Å². The summed E-state index contributed by atoms with van der Waals surface area (Å²) in [5.74, 6) is 0.568. The van der Waals surface area contributed by atoms with Gasteiger partial charge in [-0.1, -0.05) is 60.7 Å². The van der Waals surface area contributed by atoms with Gasteiger partial charge in [0.25, 0.3) is 0 Å². The van der Waals surface area contributed by atoms with E-state index in [1.54, 1.807) is 6.92 Å². The van der Waals surface area contributed by atoms with E-state index in [0.29, 0.717) is 0 Å². The molecule has 19 heavy (non-hydrogen) atoms. The van der Waals surface area contributed by atoms with E-state index >= 15 is 0 Å². The minimum atomic E-state index is 0.0507. The Bertz CT molecular complexity index is 568. The summed E-state index contributed by atoms with van der Waals surface area (Å²) in [6, 6.07) is 10.4. The monoisotopic (exact) mass is 268 g/mol. The van der Waals surface area contributed by atoms with Gasteiger partial charge in [0, 0.05) is 17.1 Å². The van der Waals surface area contributed by atoms with Gasteiger partial charge in [0.1, 0.15) is 5.78 Å². The van der Waals surface area contributed by atoms with Crippen LogP contribution in [0.25, 0.3) is 0 Å². The SMILES string of the molecule is CC(=O)[C@@H]1[C@@H](c2ccccc2)SC2=CC=CC=C[C@@H]21. The normalized spacial score (nSPS) is 28.7. The number of carbonyl (C=O) groups is 1. The first kappa shape index (κ1) is 12.5. The molecule has 3 rings (SSSR count). The lowest BCUT2D eigenvalue weighted by atomic mass is 9.83. The van der Waals surface area contributed by atoms with Crippen LogP contribution in [0.5, 0.6) is 0 Å². The molecule has 1 saturated heterocycles. The third-order valence-electron chi connectivity index (χ3n) is 3.70. The van der Waals surface area contributed by atoms with Gasteiger partial charge in [0.2, 0.25) is 0 Å². The predicted molar refractivity (Wildman–Crippen MR) is 80.8 cm³/mol. The largest absolute Gasteiger partial charge is 0.300 e. The van der Waals surface area contributed by atoms with E-state index in [2.05, 4.69) is 36.4 Å². The third-order valence-corrected chi connectivity index (χ3v) is 5.20. The maximum atomic E-state index is 12.1. The maximum Gasteiger partial charge on any atom is 0.135 e. The van der Waals surface area contributed by atoms with Crippen molar-refractivity contribution in [3.8, 4) is 0 Å². The minimum Gasteiger partial charge on any atom is -0.300 e. The molecule has 0 saturated carbocycles. The Morgan fingerprint density at radius 1 is 1.11 bits per heavy atom. The number of rotatable bonds is 2. The Hall–Kier alpha value is -1.54. The van der Waals surface area contributed by atoms with Gasteiger partial charge in [-0.05, 0) is 17.4 Å². The topological polar surface area (TPSA) is 17.1 Å². The molecule has 1 aliphatic carbocycles. The third kappa shape index (κ3) is 2.33. The van der Waals surface area contributed by atoms with E-state index in [0.717, 1.165) is 0 Å². The highest BCUT2D eigenvalue weighted by Crippen LogP contribution is 2.55. The summed E-state index contributed by atoms with van der Waals surface area (Å²) in [6.45, 7) is 1.72. The highest BCUT2D eigenvalue weighted by molar-refractivity contribution is 8.03. The van der Waals surface area contributed by atoms with E-state index in [9.17, 15) is 4.79 Å². The van der Waals surface area contributed by atoms with Crippen LogP contribution in [0.2, 0.25) is 0 Å². The fourth-order valence-corrected chi connectivity index (χ4v) is 4.44. The number of Topliss-reactive ketones (excluding diaryl/α,β-unsaturated/α-hetero) is 1. The van der Waals surface area contributed by atoms with Gasteiger partial charge in [-0.3, -0.25) is 4.79 Å². The second-order valence-electron chi connectivity index (χ2n) is 4.95. The Balaban J connectivity index is 2.02. The Morgan fingerprint density at radius 2 is 1.89 bits per heavy atom. The smallest absolute Gasteiger partial charge is 0.135 e. The van der Waals surface area contributed by atoms with Crippen molar-refractivity contribution in [3.05, 3.63) is 71.2 Å². The van der Waals surface area contributed by atoms with Crippen molar-refractivity contribution in [1.82, 2.24) is 0 Å². The molecule has 2 heteroatoms. The van der Waals surface area contributed by atoms with Crippen molar-refractivity contribution in [2.45, 2.75) is 12.2 Å². The molecule has 0 radical (unpaired) electrons. The second-order valence-corrected chi connectivity index (χ2v) is 6.17. The van der Waals surface area contributed by atoms with Crippen LogP contribution in [-0.4, -0.2) is 5.78 Å². The number of carbonyl (C=O) groups excluding carboxylic acids is 1. The molecule has 1 heterocycles. The number of benzene rings is 1. The summed E-state index contributed by atoms with van der Waals surface area (Å²) < 4.78 is 0. The van der Waals surface area contributed by atoms with Crippen molar-refractivity contribution in [2.24, 2.45) is 11.8 Å². The van der Waals surface area contributed by atoms with Crippen LogP contribution in [0.1, 0.15) is 17.7 Å². The fourth-order valence-electron chi connectivity index (χ4n) is 2.81. The summed E-state index contributed by atoms with van der Waals surface area (Å²) in [5, 5.41) is 0.242. The van der Waals surface area contributed by atoms with Crippen LogP contribution in [0, 0.1) is 11.8 Å². The summed E-state index contributed by atoms with van der Waals surface area (Å²) in [4.78, 5) is 13.4. The van der Waals surface area contributed by atoms with Gasteiger partial charge in [-0.15, -0.1) is 11.8 Å². The number of thioether (sulfide) groups is 1. The van der Waals surface area contributed by atoms with Gasteiger partial charge in [-0.25, -0.2) is 0 Å². The number of hydrogen-bond donors (Lipinski definition) is 0. The van der Waals surface area contributed by atoms with E-state index < -0.39 is 0 Å². The molecule has 0 unspecified atom stereocenters. The molecule has 1 aromatic carbocycles. The van der Waals surface area contributed by atoms with Crippen LogP contribution in [0.15, 0.2) is 65.6 Å². The zero-order valence-corrected chi connectivity index (χ0v) is 11.6. The molecule has 0 bridgehead atoms. The van der Waals surface area contributed by atoms with E-state index in [1.807, 2.05) is 36.0 Å². The zero-order valence-electron chi connectivity index (χ0n) is 10.8. The maximum absolute atomic E-state index is 12.1. The van der Waals surface area contributed by atoms with Gasteiger partial charge in [-0.2, -0.15) is 0 Å². The summed E-state index contributed by atoms with van der Waals surface area (Å²) in [6.07, 6.45) is 10.5. The molecule has 0 aromatic heterocycles. The van der Waals surface area contributed by atoms with E-state index in [4.69, 9.17) is 0 Å². The number of hydrogen-bond acceptors (Lipinski definition) is 2. The molecule has 0 amide bonds. The lowest BCUT2D eigenvalue weighted by Gasteiger charge is -2.19. The van der Waals surface area contributed by atoms with Crippen LogP contribution < -0.4 is 0 Å². The highest BCUT2D eigenvalue weighted by atomic mass is 32.2. The first-order chi connectivity index (χ1) is 9.27. The van der Waals surface area contributed by atoms with Crippen LogP contribution >= 0.6 is 11.8 Å². The van der Waals surface area contributed by atoms with Crippen molar-refractivity contribution in [3.63, 3.8) is 0 Å². The van der Waals surface area contributed by atoms with Crippen molar-refractivity contribution >= 4 is 17.5 Å². The van der Waals surface area contributed by atoms with E-state index in [-0.39, 0.29) is 22.9 Å². The Kier molecular flexibility index (Phi) is 3.43. The van der Waals surface area contributed by atoms with Crippen LogP contribution in [-0.2, 0) is 4.79 Å². The molecule has 0 spiro atoms. The molecule has 3 atom stereocenters. The molecule has 96 valence electrons. The number of allylic oxidation sites excluding steroid dienone is 6. The van der Waals surface area contributed by atoms with Crippen LogP contribution in [0.3, 0.4) is 0 Å². The first-order valence-electron chi connectivity index (χ1n) is 6.54. The number of fused-ring (bicyclic) bond motifs is 1. The Morgan fingerprint density at radius 3 is 2.63 bits per heavy atom. The Labute approximate surface area is 118 Å². The fraction of sp³-hybridized carbons (Fsp3) is 0.235.